The van der Waals surface area contributed by atoms with Crippen LogP contribution in [0.3, 0.4) is 0 Å². The van der Waals surface area contributed by atoms with Crippen molar-refractivity contribution >= 4 is 23.0 Å². The summed E-state index contributed by atoms with van der Waals surface area (Å²) in [4.78, 5) is 4.54. The van der Waals surface area contributed by atoms with E-state index >= 15 is 0 Å². The lowest BCUT2D eigenvalue weighted by Crippen LogP contribution is -1.90. The second kappa shape index (κ2) is 4.15. The first kappa shape index (κ1) is 10.8. The second-order valence-electron chi connectivity index (χ2n) is 3.80. The molecule has 6 heteroatoms. The zero-order chi connectivity index (χ0) is 12.5. The number of hydrogen-bond acceptors (Lipinski definition) is 5. The number of nitrogen functional groups attached to an aromatic ring is 2. The summed E-state index contributed by atoms with van der Waals surface area (Å²) in [6.07, 6.45) is 0. The number of nitrogens with one attached hydrogen (secondary N) is 1. The average molecular weight is 257 g/mol. The molecule has 0 aliphatic rings. The van der Waals surface area contributed by atoms with Crippen LogP contribution in [0.5, 0.6) is 0 Å². The highest BCUT2D eigenvalue weighted by molar-refractivity contribution is 7.13. The number of H-pyrrole nitrogens is 1. The molecule has 0 unspecified atom stereocenters. The molecule has 5 N–H and O–H groups in total. The molecule has 5 nitrogen and oxygen atoms in total. The van der Waals surface area contributed by atoms with Crippen LogP contribution in [-0.2, 0) is 0 Å². The van der Waals surface area contributed by atoms with Crippen LogP contribution in [0.4, 0.5) is 11.6 Å². The van der Waals surface area contributed by atoms with Crippen LogP contribution in [0.25, 0.3) is 21.8 Å². The fourth-order valence-electron chi connectivity index (χ4n) is 1.73. The van der Waals surface area contributed by atoms with Crippen molar-refractivity contribution in [3.63, 3.8) is 0 Å². The zero-order valence-corrected chi connectivity index (χ0v) is 10.2. The Morgan fingerprint density at radius 1 is 1.11 bits per heavy atom. The number of rotatable bonds is 2. The summed E-state index contributed by atoms with van der Waals surface area (Å²) in [5.74, 6) is 0.822. The smallest absolute Gasteiger partial charge is 0.157 e. The molecule has 0 saturated carbocycles. The van der Waals surface area contributed by atoms with Crippen molar-refractivity contribution in [2.45, 2.75) is 0 Å². The molecule has 0 saturated heterocycles. The Bertz CT molecular complexity index is 651. The number of benzene rings is 1. The molecule has 0 amide bonds. The average Bonchev–Trinajstić information content (AvgIpc) is 2.98. The number of aromatic nitrogens is 3. The topological polar surface area (TPSA) is 93.6 Å². The molecule has 0 atom stereocenters. The normalized spacial score (nSPS) is 10.7. The number of hydrogen-bond donors (Lipinski definition) is 3. The quantitative estimate of drug-likeness (QED) is 0.657. The van der Waals surface area contributed by atoms with Crippen LogP contribution in [0, 0.1) is 0 Å². The summed E-state index contributed by atoms with van der Waals surface area (Å²) >= 11 is 1.50. The molecule has 0 fully saturated rings. The lowest BCUT2D eigenvalue weighted by molar-refractivity contribution is 1.11. The Hall–Kier alpha value is -2.34. The summed E-state index contributed by atoms with van der Waals surface area (Å²) in [6, 6.07) is 9.97. The highest BCUT2D eigenvalue weighted by Gasteiger charge is 2.14. The van der Waals surface area contributed by atoms with E-state index in [1.807, 2.05) is 35.7 Å². The van der Waals surface area contributed by atoms with Crippen molar-refractivity contribution in [2.75, 3.05) is 11.5 Å². The first-order chi connectivity index (χ1) is 8.75. The van der Waals surface area contributed by atoms with Gasteiger partial charge in [-0.1, -0.05) is 30.3 Å². The summed E-state index contributed by atoms with van der Waals surface area (Å²) < 4.78 is 0. The predicted octanol–water partition coefficient (Wildman–Crippen LogP) is 2.36. The minimum absolute atomic E-state index is 0.376. The Balaban J connectivity index is 2.05. The van der Waals surface area contributed by atoms with E-state index in [9.17, 15) is 0 Å². The third-order valence-electron chi connectivity index (χ3n) is 2.61. The molecule has 2 aromatic heterocycles. The first-order valence-corrected chi connectivity index (χ1v) is 6.24. The molecule has 3 rings (SSSR count). The van der Waals surface area contributed by atoms with Gasteiger partial charge >= 0.3 is 0 Å². The SMILES string of the molecule is Nc1n[nH]c(N)c1-c1nc(-c2ccccc2)cs1. The van der Waals surface area contributed by atoms with Gasteiger partial charge in [0.25, 0.3) is 0 Å². The van der Waals surface area contributed by atoms with Crippen molar-refractivity contribution in [3.05, 3.63) is 35.7 Å². The fourth-order valence-corrected chi connectivity index (χ4v) is 2.62. The van der Waals surface area contributed by atoms with Gasteiger partial charge in [0, 0.05) is 10.9 Å². The van der Waals surface area contributed by atoms with E-state index in [0.717, 1.165) is 16.3 Å². The Labute approximate surface area is 107 Å². The van der Waals surface area contributed by atoms with E-state index < -0.39 is 0 Å². The molecule has 3 aromatic rings. The minimum Gasteiger partial charge on any atom is -0.383 e. The number of thiazole rings is 1. The molecule has 90 valence electrons. The predicted molar refractivity (Wildman–Crippen MR) is 74.0 cm³/mol. The van der Waals surface area contributed by atoms with Gasteiger partial charge in [-0.25, -0.2) is 4.98 Å². The van der Waals surface area contributed by atoms with E-state index in [1.165, 1.54) is 11.3 Å². The van der Waals surface area contributed by atoms with Crippen LogP contribution >= 0.6 is 11.3 Å². The third kappa shape index (κ3) is 1.72. The van der Waals surface area contributed by atoms with Gasteiger partial charge < -0.3 is 11.5 Å². The maximum Gasteiger partial charge on any atom is 0.157 e. The number of nitrogens with two attached hydrogens (primary N) is 2. The van der Waals surface area contributed by atoms with Gasteiger partial charge in [-0.15, -0.1) is 11.3 Å². The molecular formula is C12H11N5S. The lowest BCUT2D eigenvalue weighted by Gasteiger charge is -1.96. The molecule has 0 aliphatic heterocycles. The van der Waals surface area contributed by atoms with E-state index in [2.05, 4.69) is 15.2 Å². The lowest BCUT2D eigenvalue weighted by atomic mass is 10.2. The number of nitrogens with zero attached hydrogens (tertiary/aromatic N) is 2. The van der Waals surface area contributed by atoms with E-state index in [0.29, 0.717) is 17.2 Å². The van der Waals surface area contributed by atoms with E-state index in [4.69, 9.17) is 11.5 Å². The highest BCUT2D eigenvalue weighted by Crippen LogP contribution is 2.34. The largest absolute Gasteiger partial charge is 0.383 e. The van der Waals surface area contributed by atoms with Gasteiger partial charge in [0.1, 0.15) is 10.8 Å². The van der Waals surface area contributed by atoms with Crippen LogP contribution < -0.4 is 11.5 Å². The summed E-state index contributed by atoms with van der Waals surface area (Å²) in [5, 5.41) is 9.28. The van der Waals surface area contributed by atoms with E-state index in [1.54, 1.807) is 0 Å². The van der Waals surface area contributed by atoms with E-state index in [-0.39, 0.29) is 0 Å². The summed E-state index contributed by atoms with van der Waals surface area (Å²) in [6.45, 7) is 0. The van der Waals surface area contributed by atoms with Gasteiger partial charge in [0.15, 0.2) is 5.82 Å². The van der Waals surface area contributed by atoms with Gasteiger partial charge in [0.05, 0.1) is 11.3 Å². The molecule has 1 aromatic carbocycles. The van der Waals surface area contributed by atoms with Crippen molar-refractivity contribution < 1.29 is 0 Å². The van der Waals surface area contributed by atoms with Crippen LogP contribution in [-0.4, -0.2) is 15.2 Å². The Kier molecular flexibility index (Phi) is 2.49. The Morgan fingerprint density at radius 3 is 2.56 bits per heavy atom. The van der Waals surface area contributed by atoms with Gasteiger partial charge in [-0.05, 0) is 0 Å². The summed E-state index contributed by atoms with van der Waals surface area (Å²) in [7, 11) is 0. The van der Waals surface area contributed by atoms with Crippen molar-refractivity contribution in [3.8, 4) is 21.8 Å². The van der Waals surface area contributed by atoms with Crippen molar-refractivity contribution in [2.24, 2.45) is 0 Å². The number of aromatic amines is 1. The standard InChI is InChI=1S/C12H11N5S/c13-10-9(11(14)17-16-10)12-15-8(6-18-12)7-4-2-1-3-5-7/h1-6H,(H5,13,14,16,17). The van der Waals surface area contributed by atoms with Gasteiger partial charge in [-0.2, -0.15) is 5.10 Å². The minimum atomic E-state index is 0.376. The van der Waals surface area contributed by atoms with Crippen LogP contribution in [0.15, 0.2) is 35.7 Å². The van der Waals surface area contributed by atoms with Crippen LogP contribution in [0.1, 0.15) is 0 Å². The number of anilines is 2. The molecule has 0 aliphatic carbocycles. The molecule has 0 bridgehead atoms. The molecule has 18 heavy (non-hydrogen) atoms. The van der Waals surface area contributed by atoms with Crippen molar-refractivity contribution in [1.29, 1.82) is 0 Å². The summed E-state index contributed by atoms with van der Waals surface area (Å²) in [5.41, 5.74) is 14.2. The van der Waals surface area contributed by atoms with Gasteiger partial charge in [0.2, 0.25) is 0 Å². The van der Waals surface area contributed by atoms with Gasteiger partial charge in [-0.3, -0.25) is 5.10 Å². The zero-order valence-electron chi connectivity index (χ0n) is 9.42. The molecule has 0 radical (unpaired) electrons. The fraction of sp³-hybridized carbons (Fsp3) is 0. The first-order valence-electron chi connectivity index (χ1n) is 5.36. The monoisotopic (exact) mass is 257 g/mol. The highest BCUT2D eigenvalue weighted by atomic mass is 32.1. The Morgan fingerprint density at radius 2 is 1.89 bits per heavy atom. The maximum absolute atomic E-state index is 5.79. The molecule has 2 heterocycles. The second-order valence-corrected chi connectivity index (χ2v) is 4.66. The third-order valence-corrected chi connectivity index (χ3v) is 3.47. The molecule has 0 spiro atoms. The molecular weight excluding hydrogens is 246 g/mol. The van der Waals surface area contributed by atoms with Crippen molar-refractivity contribution in [1.82, 2.24) is 15.2 Å². The maximum atomic E-state index is 5.79. The van der Waals surface area contributed by atoms with Crippen LogP contribution in [0.2, 0.25) is 0 Å².